The number of hydrogen-bond donors (Lipinski definition) is 0. The molecule has 22 heavy (non-hydrogen) atoms. The number of halogens is 3. The smallest absolute Gasteiger partial charge is 0.378 e. The highest BCUT2D eigenvalue weighted by atomic mass is 19.4. The van der Waals surface area contributed by atoms with Gasteiger partial charge in [0.2, 0.25) is 5.95 Å². The van der Waals surface area contributed by atoms with Crippen LogP contribution in [0.4, 0.5) is 24.8 Å². The van der Waals surface area contributed by atoms with Gasteiger partial charge >= 0.3 is 6.18 Å². The van der Waals surface area contributed by atoms with Crippen molar-refractivity contribution in [3.05, 3.63) is 47.8 Å². The van der Waals surface area contributed by atoms with Gasteiger partial charge in [0.05, 0.1) is 0 Å². The van der Waals surface area contributed by atoms with E-state index in [0.29, 0.717) is 6.54 Å². The predicted molar refractivity (Wildman–Crippen MR) is 79.9 cm³/mol. The highest BCUT2D eigenvalue weighted by Crippen LogP contribution is 2.28. The molecule has 1 heterocycles. The average molecular weight is 310 g/mol. The minimum absolute atomic E-state index is 0.0464. The van der Waals surface area contributed by atoms with E-state index in [9.17, 15) is 13.2 Å². The zero-order chi connectivity index (χ0) is 16.3. The van der Waals surface area contributed by atoms with E-state index in [4.69, 9.17) is 0 Å². The Labute approximate surface area is 127 Å². The van der Waals surface area contributed by atoms with Crippen LogP contribution < -0.4 is 9.80 Å². The summed E-state index contributed by atoms with van der Waals surface area (Å²) in [5.41, 5.74) is 1.05. The second-order valence-electron chi connectivity index (χ2n) is 5.16. The molecule has 0 saturated heterocycles. The SMILES string of the molecule is CN(C)c1cccc(CN(C)c2nccc(C(F)(F)F)n2)c1. The van der Waals surface area contributed by atoms with E-state index in [1.54, 1.807) is 11.9 Å². The fourth-order valence-electron chi connectivity index (χ4n) is 1.97. The zero-order valence-electron chi connectivity index (χ0n) is 12.6. The summed E-state index contributed by atoms with van der Waals surface area (Å²) in [5.74, 6) is 0.0464. The van der Waals surface area contributed by atoms with Crippen molar-refractivity contribution in [2.45, 2.75) is 12.7 Å². The molecular weight excluding hydrogens is 293 g/mol. The zero-order valence-corrected chi connectivity index (χ0v) is 12.6. The van der Waals surface area contributed by atoms with Gasteiger partial charge in [0, 0.05) is 39.6 Å². The van der Waals surface area contributed by atoms with Crippen LogP contribution in [0.1, 0.15) is 11.3 Å². The van der Waals surface area contributed by atoms with Gasteiger partial charge in [-0.05, 0) is 23.8 Å². The summed E-state index contributed by atoms with van der Waals surface area (Å²) < 4.78 is 38.1. The molecule has 0 N–H and O–H groups in total. The second-order valence-corrected chi connectivity index (χ2v) is 5.16. The van der Waals surface area contributed by atoms with Crippen molar-refractivity contribution in [1.82, 2.24) is 9.97 Å². The first-order chi connectivity index (χ1) is 10.3. The molecule has 2 rings (SSSR count). The molecule has 0 spiro atoms. The summed E-state index contributed by atoms with van der Waals surface area (Å²) in [5, 5.41) is 0. The summed E-state index contributed by atoms with van der Waals surface area (Å²) in [6.45, 7) is 0.420. The van der Waals surface area contributed by atoms with Crippen LogP contribution in [0.3, 0.4) is 0 Å². The highest BCUT2D eigenvalue weighted by molar-refractivity contribution is 5.48. The molecule has 0 aliphatic carbocycles. The second kappa shape index (κ2) is 6.21. The van der Waals surface area contributed by atoms with E-state index >= 15 is 0 Å². The molecule has 0 aliphatic heterocycles. The summed E-state index contributed by atoms with van der Waals surface area (Å²) in [4.78, 5) is 11.0. The number of aromatic nitrogens is 2. The molecule has 0 bridgehead atoms. The minimum atomic E-state index is -4.47. The maximum Gasteiger partial charge on any atom is 0.433 e. The fraction of sp³-hybridized carbons (Fsp3) is 0.333. The Balaban J connectivity index is 2.19. The van der Waals surface area contributed by atoms with Crippen LogP contribution in [0, 0.1) is 0 Å². The highest BCUT2D eigenvalue weighted by Gasteiger charge is 2.33. The summed E-state index contributed by atoms with van der Waals surface area (Å²) >= 11 is 0. The molecule has 7 heteroatoms. The van der Waals surface area contributed by atoms with Crippen LogP contribution >= 0.6 is 0 Å². The van der Waals surface area contributed by atoms with Crippen LogP contribution in [0.15, 0.2) is 36.5 Å². The Morgan fingerprint density at radius 2 is 1.82 bits per heavy atom. The van der Waals surface area contributed by atoms with Crippen molar-refractivity contribution in [2.24, 2.45) is 0 Å². The van der Waals surface area contributed by atoms with Crippen LogP contribution in [0.25, 0.3) is 0 Å². The lowest BCUT2D eigenvalue weighted by molar-refractivity contribution is -0.141. The summed E-state index contributed by atoms with van der Waals surface area (Å²) in [6.07, 6.45) is -3.35. The first-order valence-electron chi connectivity index (χ1n) is 6.65. The Bertz CT molecular complexity index is 641. The van der Waals surface area contributed by atoms with Gasteiger partial charge in [-0.25, -0.2) is 9.97 Å². The molecule has 1 aromatic heterocycles. The molecule has 0 aliphatic rings. The molecule has 2 aromatic rings. The van der Waals surface area contributed by atoms with Crippen LogP contribution in [-0.2, 0) is 12.7 Å². The lowest BCUT2D eigenvalue weighted by atomic mass is 10.2. The van der Waals surface area contributed by atoms with Crippen molar-refractivity contribution in [3.8, 4) is 0 Å². The van der Waals surface area contributed by atoms with E-state index in [1.807, 2.05) is 43.3 Å². The van der Waals surface area contributed by atoms with Gasteiger partial charge in [0.25, 0.3) is 0 Å². The number of benzene rings is 1. The molecule has 1 aromatic carbocycles. The molecule has 0 unspecified atom stereocenters. The van der Waals surface area contributed by atoms with Gasteiger partial charge in [-0.1, -0.05) is 12.1 Å². The molecular formula is C15H17F3N4. The maximum atomic E-state index is 12.7. The van der Waals surface area contributed by atoms with E-state index < -0.39 is 11.9 Å². The minimum Gasteiger partial charge on any atom is -0.378 e. The van der Waals surface area contributed by atoms with Crippen LogP contribution in [0.5, 0.6) is 0 Å². The Kier molecular flexibility index (Phi) is 4.54. The lowest BCUT2D eigenvalue weighted by Gasteiger charge is -2.19. The van der Waals surface area contributed by atoms with Crippen molar-refractivity contribution in [2.75, 3.05) is 30.9 Å². The fourth-order valence-corrected chi connectivity index (χ4v) is 1.97. The normalized spacial score (nSPS) is 11.4. The Morgan fingerprint density at radius 1 is 1.09 bits per heavy atom. The molecule has 0 atom stereocenters. The van der Waals surface area contributed by atoms with Crippen LogP contribution in [0.2, 0.25) is 0 Å². The van der Waals surface area contributed by atoms with Gasteiger partial charge in [-0.3, -0.25) is 0 Å². The van der Waals surface area contributed by atoms with E-state index in [-0.39, 0.29) is 5.95 Å². The lowest BCUT2D eigenvalue weighted by Crippen LogP contribution is -2.21. The van der Waals surface area contributed by atoms with Gasteiger partial charge in [0.1, 0.15) is 5.69 Å². The van der Waals surface area contributed by atoms with Crippen molar-refractivity contribution < 1.29 is 13.2 Å². The summed E-state index contributed by atoms with van der Waals surface area (Å²) in [6, 6.07) is 8.63. The van der Waals surface area contributed by atoms with Crippen LogP contribution in [-0.4, -0.2) is 31.1 Å². The van der Waals surface area contributed by atoms with Gasteiger partial charge in [0.15, 0.2) is 0 Å². The standard InChI is InChI=1S/C15H17F3N4/c1-21(2)12-6-4-5-11(9-12)10-22(3)14-19-8-7-13(20-14)15(16,17)18/h4-9H,10H2,1-3H3. The molecule has 0 saturated carbocycles. The third-order valence-corrected chi connectivity index (χ3v) is 3.12. The maximum absolute atomic E-state index is 12.7. The molecule has 0 amide bonds. The Morgan fingerprint density at radius 3 is 2.45 bits per heavy atom. The number of alkyl halides is 3. The average Bonchev–Trinajstić information content (AvgIpc) is 2.46. The van der Waals surface area contributed by atoms with E-state index in [2.05, 4.69) is 9.97 Å². The predicted octanol–water partition coefficient (Wildman–Crippen LogP) is 3.20. The van der Waals surface area contributed by atoms with Gasteiger partial charge < -0.3 is 9.80 Å². The third kappa shape index (κ3) is 3.87. The molecule has 118 valence electrons. The van der Waals surface area contributed by atoms with E-state index in [0.717, 1.165) is 23.5 Å². The van der Waals surface area contributed by atoms with Gasteiger partial charge in [-0.2, -0.15) is 13.2 Å². The first kappa shape index (κ1) is 16.1. The monoisotopic (exact) mass is 310 g/mol. The third-order valence-electron chi connectivity index (χ3n) is 3.12. The molecule has 4 nitrogen and oxygen atoms in total. The molecule has 0 fully saturated rings. The quantitative estimate of drug-likeness (QED) is 0.868. The Hall–Kier alpha value is -2.31. The first-order valence-corrected chi connectivity index (χ1v) is 6.65. The summed E-state index contributed by atoms with van der Waals surface area (Å²) in [7, 11) is 5.52. The van der Waals surface area contributed by atoms with Crippen molar-refractivity contribution >= 4 is 11.6 Å². The topological polar surface area (TPSA) is 32.3 Å². The number of rotatable bonds is 4. The number of hydrogen-bond acceptors (Lipinski definition) is 4. The van der Waals surface area contributed by atoms with Crippen molar-refractivity contribution in [1.29, 1.82) is 0 Å². The van der Waals surface area contributed by atoms with E-state index in [1.165, 1.54) is 0 Å². The van der Waals surface area contributed by atoms with Crippen molar-refractivity contribution in [3.63, 3.8) is 0 Å². The number of anilines is 2. The molecule has 0 radical (unpaired) electrons. The van der Waals surface area contributed by atoms with Gasteiger partial charge in [-0.15, -0.1) is 0 Å². The largest absolute Gasteiger partial charge is 0.433 e. The number of nitrogens with zero attached hydrogens (tertiary/aromatic N) is 4.